The molecule has 2 aromatic heterocycles. The molecule has 9 heteroatoms. The lowest BCUT2D eigenvalue weighted by Gasteiger charge is -2.20. The molecule has 0 atom stereocenters. The Balaban J connectivity index is 1.99. The van der Waals surface area contributed by atoms with Crippen molar-refractivity contribution in [3.8, 4) is 0 Å². The van der Waals surface area contributed by atoms with Crippen molar-refractivity contribution in [2.75, 3.05) is 18.1 Å². The number of anilines is 1. The summed E-state index contributed by atoms with van der Waals surface area (Å²) < 4.78 is 10.1. The molecule has 8 nitrogen and oxygen atoms in total. The van der Waals surface area contributed by atoms with Crippen LogP contribution in [0.4, 0.5) is 5.13 Å². The third-order valence-corrected chi connectivity index (χ3v) is 5.87. The Morgan fingerprint density at radius 3 is 2.18 bits per heavy atom. The quantitative estimate of drug-likeness (QED) is 0.454. The number of pyridine rings is 1. The zero-order chi connectivity index (χ0) is 24.0. The van der Waals surface area contributed by atoms with Crippen molar-refractivity contribution in [3.63, 3.8) is 0 Å². The zero-order valence-corrected chi connectivity index (χ0v) is 19.8. The zero-order valence-electron chi connectivity index (χ0n) is 19.0. The van der Waals surface area contributed by atoms with Gasteiger partial charge in [-0.25, -0.2) is 19.6 Å². The van der Waals surface area contributed by atoms with Crippen LogP contribution in [0.2, 0.25) is 0 Å². The van der Waals surface area contributed by atoms with Gasteiger partial charge >= 0.3 is 11.9 Å². The number of benzene rings is 1. The number of thiazole rings is 1. The Kier molecular flexibility index (Phi) is 7.89. The smallest absolute Gasteiger partial charge is 0.350 e. The van der Waals surface area contributed by atoms with Crippen molar-refractivity contribution in [1.29, 1.82) is 0 Å². The molecule has 0 N–H and O–H groups in total. The van der Waals surface area contributed by atoms with Crippen LogP contribution in [0.5, 0.6) is 0 Å². The van der Waals surface area contributed by atoms with Gasteiger partial charge in [-0.05, 0) is 45.4 Å². The lowest BCUT2D eigenvalue weighted by molar-refractivity contribution is 0.0517. The van der Waals surface area contributed by atoms with E-state index in [1.165, 1.54) is 17.0 Å². The molecule has 0 aliphatic heterocycles. The van der Waals surface area contributed by atoms with Crippen molar-refractivity contribution in [3.05, 3.63) is 75.6 Å². The van der Waals surface area contributed by atoms with Gasteiger partial charge in [0.15, 0.2) is 5.13 Å². The molecule has 0 bridgehead atoms. The van der Waals surface area contributed by atoms with Crippen LogP contribution >= 0.6 is 11.3 Å². The first-order valence-electron chi connectivity index (χ1n) is 10.5. The van der Waals surface area contributed by atoms with Gasteiger partial charge in [-0.1, -0.05) is 41.7 Å². The van der Waals surface area contributed by atoms with E-state index in [9.17, 15) is 14.4 Å². The summed E-state index contributed by atoms with van der Waals surface area (Å²) >= 11 is 1.09. The lowest BCUT2D eigenvalue weighted by Crippen LogP contribution is -2.31. The molecule has 1 amide bonds. The molecule has 3 rings (SSSR count). The average Bonchev–Trinajstić information content (AvgIpc) is 3.19. The van der Waals surface area contributed by atoms with Gasteiger partial charge in [-0.2, -0.15) is 0 Å². The molecule has 0 unspecified atom stereocenters. The Labute approximate surface area is 196 Å². The highest BCUT2D eigenvalue weighted by Crippen LogP contribution is 2.29. The molecule has 0 aliphatic carbocycles. The number of hydrogen-bond donors (Lipinski definition) is 0. The van der Waals surface area contributed by atoms with Gasteiger partial charge in [0, 0.05) is 0 Å². The normalized spacial score (nSPS) is 10.5. The first kappa shape index (κ1) is 24.1. The molecular formula is C24H25N3O5S. The first-order chi connectivity index (χ1) is 15.8. The molecule has 33 heavy (non-hydrogen) atoms. The minimum atomic E-state index is -0.489. The van der Waals surface area contributed by atoms with Crippen LogP contribution in [0.3, 0.4) is 0 Å². The molecule has 0 spiro atoms. The van der Waals surface area contributed by atoms with Crippen molar-refractivity contribution >= 4 is 34.3 Å². The summed E-state index contributed by atoms with van der Waals surface area (Å²) in [6.07, 6.45) is 0. The highest BCUT2D eigenvalue weighted by Gasteiger charge is 2.26. The van der Waals surface area contributed by atoms with Crippen molar-refractivity contribution in [1.82, 2.24) is 9.97 Å². The van der Waals surface area contributed by atoms with Crippen molar-refractivity contribution < 1.29 is 23.9 Å². The Morgan fingerprint density at radius 2 is 1.55 bits per heavy atom. The van der Waals surface area contributed by atoms with E-state index in [4.69, 9.17) is 9.47 Å². The molecule has 3 aromatic rings. The second-order valence-electron chi connectivity index (χ2n) is 7.06. The van der Waals surface area contributed by atoms with E-state index >= 15 is 0 Å². The summed E-state index contributed by atoms with van der Waals surface area (Å²) in [5.41, 5.74) is 2.22. The molecule has 0 radical (unpaired) electrons. The van der Waals surface area contributed by atoms with Gasteiger partial charge in [-0.3, -0.25) is 9.69 Å². The summed E-state index contributed by atoms with van der Waals surface area (Å²) in [5.74, 6) is -1.36. The highest BCUT2D eigenvalue weighted by molar-refractivity contribution is 7.17. The number of ether oxygens (including phenoxy) is 2. The first-order valence-corrected chi connectivity index (χ1v) is 11.3. The predicted molar refractivity (Wildman–Crippen MR) is 125 cm³/mol. The van der Waals surface area contributed by atoms with Crippen LogP contribution in [-0.2, 0) is 16.0 Å². The SMILES string of the molecule is CCOC(=O)c1ccc(C(=O)N(Cc2ccccc2)c2nc(C)c(C(=O)OCC)s2)nc1C. The fraction of sp³-hybridized carbons (Fsp3) is 0.292. The summed E-state index contributed by atoms with van der Waals surface area (Å²) in [5, 5.41) is 0.360. The van der Waals surface area contributed by atoms with Gasteiger partial charge in [0.25, 0.3) is 5.91 Å². The van der Waals surface area contributed by atoms with E-state index in [0.29, 0.717) is 27.0 Å². The number of carbonyl (C=O) groups is 3. The Morgan fingerprint density at radius 1 is 0.879 bits per heavy atom. The third kappa shape index (κ3) is 5.61. The molecule has 0 fully saturated rings. The molecule has 172 valence electrons. The minimum absolute atomic E-state index is 0.155. The molecular weight excluding hydrogens is 442 g/mol. The number of hydrogen-bond acceptors (Lipinski definition) is 8. The van der Waals surface area contributed by atoms with Gasteiger partial charge in [-0.15, -0.1) is 0 Å². The number of esters is 2. The van der Waals surface area contributed by atoms with E-state index in [1.807, 2.05) is 30.3 Å². The third-order valence-electron chi connectivity index (χ3n) is 4.71. The number of carbonyl (C=O) groups excluding carboxylic acids is 3. The number of amides is 1. The fourth-order valence-electron chi connectivity index (χ4n) is 3.12. The maximum atomic E-state index is 13.5. The van der Waals surface area contributed by atoms with Gasteiger partial charge in [0.1, 0.15) is 10.6 Å². The lowest BCUT2D eigenvalue weighted by atomic mass is 10.1. The summed E-state index contributed by atoms with van der Waals surface area (Å²) in [4.78, 5) is 48.5. The standard InChI is InChI=1S/C24H25N3O5S/c1-5-31-22(29)18-12-13-19(25-15(18)3)21(28)27(14-17-10-8-7-9-11-17)24-26-16(4)20(33-24)23(30)32-6-2/h7-13H,5-6,14H2,1-4H3. The van der Waals surface area contributed by atoms with Crippen molar-refractivity contribution in [2.24, 2.45) is 0 Å². The van der Waals surface area contributed by atoms with E-state index in [0.717, 1.165) is 16.9 Å². The summed E-state index contributed by atoms with van der Waals surface area (Å²) in [7, 11) is 0. The summed E-state index contributed by atoms with van der Waals surface area (Å²) in [6.45, 7) is 7.53. The van der Waals surface area contributed by atoms with E-state index in [2.05, 4.69) is 9.97 Å². The summed E-state index contributed by atoms with van der Waals surface area (Å²) in [6, 6.07) is 12.5. The Hall–Kier alpha value is -3.59. The molecule has 0 saturated heterocycles. The predicted octanol–water partition coefficient (Wildman–Crippen LogP) is 4.36. The maximum Gasteiger partial charge on any atom is 0.350 e. The van der Waals surface area contributed by atoms with E-state index in [-0.39, 0.29) is 25.5 Å². The topological polar surface area (TPSA) is 98.7 Å². The molecule has 0 aliphatic rings. The number of nitrogens with zero attached hydrogens (tertiary/aromatic N) is 3. The van der Waals surface area contributed by atoms with Crippen molar-refractivity contribution in [2.45, 2.75) is 34.2 Å². The van der Waals surface area contributed by atoms with Gasteiger partial charge in [0.05, 0.1) is 36.7 Å². The minimum Gasteiger partial charge on any atom is -0.462 e. The second-order valence-corrected chi connectivity index (χ2v) is 8.04. The van der Waals surface area contributed by atoms with Gasteiger partial charge < -0.3 is 9.47 Å². The average molecular weight is 468 g/mol. The van der Waals surface area contributed by atoms with E-state index in [1.54, 1.807) is 27.7 Å². The van der Waals surface area contributed by atoms with Crippen LogP contribution in [0, 0.1) is 13.8 Å². The largest absolute Gasteiger partial charge is 0.462 e. The molecule has 1 aromatic carbocycles. The van der Waals surface area contributed by atoms with E-state index < -0.39 is 17.8 Å². The highest BCUT2D eigenvalue weighted by atomic mass is 32.1. The maximum absolute atomic E-state index is 13.5. The molecule has 0 saturated carbocycles. The van der Waals surface area contributed by atoms with Crippen LogP contribution in [0.1, 0.15) is 61.3 Å². The monoisotopic (exact) mass is 467 g/mol. The van der Waals surface area contributed by atoms with Crippen LogP contribution in [-0.4, -0.2) is 41.0 Å². The second kappa shape index (κ2) is 10.8. The number of aromatic nitrogens is 2. The van der Waals surface area contributed by atoms with Crippen LogP contribution < -0.4 is 4.90 Å². The van der Waals surface area contributed by atoms with Crippen LogP contribution in [0.15, 0.2) is 42.5 Å². The van der Waals surface area contributed by atoms with Crippen LogP contribution in [0.25, 0.3) is 0 Å². The number of aryl methyl sites for hydroxylation is 2. The van der Waals surface area contributed by atoms with Gasteiger partial charge in [0.2, 0.25) is 0 Å². The fourth-order valence-corrected chi connectivity index (χ4v) is 4.08. The molecule has 2 heterocycles. The number of rotatable bonds is 8. The Bertz CT molecular complexity index is 1160.